The highest BCUT2D eigenvalue weighted by Gasteiger charge is 2.22. The summed E-state index contributed by atoms with van der Waals surface area (Å²) in [7, 11) is 1.59. The number of rotatable bonds is 7. The number of anilines is 1. The first-order valence-corrected chi connectivity index (χ1v) is 10.4. The van der Waals surface area contributed by atoms with E-state index < -0.39 is 5.25 Å². The SMILES string of the molecule is COC[C@H](C)n1c(S[C@H](C)C(=O)Nc2cccc(Cl)c2)nc2ccccc2c1=O. The molecule has 1 N–H and O–H groups in total. The quantitative estimate of drug-likeness (QED) is 0.444. The molecule has 1 heterocycles. The number of para-hydroxylation sites is 1. The number of hydrogen-bond donors (Lipinski definition) is 1. The Kier molecular flexibility index (Phi) is 6.95. The molecule has 0 unspecified atom stereocenters. The molecule has 0 aliphatic heterocycles. The first-order chi connectivity index (χ1) is 13.9. The maximum Gasteiger partial charge on any atom is 0.262 e. The number of halogens is 1. The van der Waals surface area contributed by atoms with Gasteiger partial charge in [-0.05, 0) is 44.2 Å². The Morgan fingerprint density at radius 2 is 2.00 bits per heavy atom. The predicted molar refractivity (Wildman–Crippen MR) is 118 cm³/mol. The van der Waals surface area contributed by atoms with Crippen LogP contribution in [-0.4, -0.2) is 34.4 Å². The fraction of sp³-hybridized carbons (Fsp3) is 0.286. The summed E-state index contributed by atoms with van der Waals surface area (Å²) >= 11 is 7.22. The molecule has 1 aromatic heterocycles. The van der Waals surface area contributed by atoms with Gasteiger partial charge in [0.25, 0.3) is 5.56 Å². The molecular formula is C21H22ClN3O3S. The van der Waals surface area contributed by atoms with Crippen LogP contribution in [0.4, 0.5) is 5.69 Å². The molecule has 0 saturated heterocycles. The zero-order chi connectivity index (χ0) is 21.0. The van der Waals surface area contributed by atoms with Crippen molar-refractivity contribution in [2.24, 2.45) is 0 Å². The van der Waals surface area contributed by atoms with Crippen LogP contribution in [0.25, 0.3) is 10.9 Å². The fourth-order valence-corrected chi connectivity index (χ4v) is 4.13. The third-order valence-corrected chi connectivity index (χ3v) is 5.67. The maximum atomic E-state index is 13.1. The van der Waals surface area contributed by atoms with Crippen molar-refractivity contribution < 1.29 is 9.53 Å². The lowest BCUT2D eigenvalue weighted by Gasteiger charge is -2.20. The average Bonchev–Trinajstić information content (AvgIpc) is 2.68. The van der Waals surface area contributed by atoms with Crippen LogP contribution in [-0.2, 0) is 9.53 Å². The van der Waals surface area contributed by atoms with E-state index in [-0.39, 0.29) is 17.5 Å². The van der Waals surface area contributed by atoms with Crippen molar-refractivity contribution in [3.63, 3.8) is 0 Å². The van der Waals surface area contributed by atoms with Crippen LogP contribution < -0.4 is 10.9 Å². The second-order valence-electron chi connectivity index (χ2n) is 6.65. The van der Waals surface area contributed by atoms with E-state index >= 15 is 0 Å². The number of ether oxygens (including phenoxy) is 1. The molecule has 3 rings (SSSR count). The molecule has 0 aliphatic rings. The number of aromatic nitrogens is 2. The van der Waals surface area contributed by atoms with Gasteiger partial charge in [0, 0.05) is 17.8 Å². The van der Waals surface area contributed by atoms with Crippen LogP contribution in [0.1, 0.15) is 19.9 Å². The Morgan fingerprint density at radius 1 is 1.24 bits per heavy atom. The number of nitrogens with one attached hydrogen (secondary N) is 1. The molecule has 0 radical (unpaired) electrons. The molecule has 6 nitrogen and oxygen atoms in total. The van der Waals surface area contributed by atoms with E-state index in [0.29, 0.717) is 33.4 Å². The summed E-state index contributed by atoms with van der Waals surface area (Å²) in [6.07, 6.45) is 0. The zero-order valence-corrected chi connectivity index (χ0v) is 18.0. The van der Waals surface area contributed by atoms with E-state index in [1.54, 1.807) is 55.0 Å². The van der Waals surface area contributed by atoms with E-state index in [1.807, 2.05) is 19.1 Å². The third-order valence-electron chi connectivity index (χ3n) is 4.37. The van der Waals surface area contributed by atoms with Crippen molar-refractivity contribution in [3.05, 3.63) is 63.9 Å². The number of thioether (sulfide) groups is 1. The van der Waals surface area contributed by atoms with Crippen LogP contribution in [0.3, 0.4) is 0 Å². The Bertz CT molecular complexity index is 1090. The monoisotopic (exact) mass is 431 g/mol. The zero-order valence-electron chi connectivity index (χ0n) is 16.4. The molecule has 29 heavy (non-hydrogen) atoms. The van der Waals surface area contributed by atoms with Crippen LogP contribution in [0.15, 0.2) is 58.5 Å². The molecule has 3 aromatic rings. The minimum Gasteiger partial charge on any atom is -0.383 e. The summed E-state index contributed by atoms with van der Waals surface area (Å²) in [5, 5.41) is 3.92. The number of methoxy groups -OCH3 is 1. The van der Waals surface area contributed by atoms with Gasteiger partial charge in [0.15, 0.2) is 5.16 Å². The average molecular weight is 432 g/mol. The van der Waals surface area contributed by atoms with E-state index in [2.05, 4.69) is 10.3 Å². The van der Waals surface area contributed by atoms with Gasteiger partial charge in [-0.25, -0.2) is 4.98 Å². The predicted octanol–water partition coefficient (Wildman–Crippen LogP) is 4.38. The number of fused-ring (bicyclic) bond motifs is 1. The topological polar surface area (TPSA) is 73.2 Å². The summed E-state index contributed by atoms with van der Waals surface area (Å²) in [6, 6.07) is 13.9. The third kappa shape index (κ3) is 4.98. The number of nitrogens with zero attached hydrogens (tertiary/aromatic N) is 2. The second-order valence-corrected chi connectivity index (χ2v) is 8.40. The number of hydrogen-bond acceptors (Lipinski definition) is 5. The Hall–Kier alpha value is -2.35. The summed E-state index contributed by atoms with van der Waals surface area (Å²) in [5.41, 5.74) is 1.07. The summed E-state index contributed by atoms with van der Waals surface area (Å²) in [6.45, 7) is 4.02. The minimum atomic E-state index is -0.483. The van der Waals surface area contributed by atoms with Crippen molar-refractivity contribution >= 4 is 45.9 Å². The van der Waals surface area contributed by atoms with E-state index in [9.17, 15) is 9.59 Å². The molecule has 2 atom stereocenters. The van der Waals surface area contributed by atoms with Crippen LogP contribution >= 0.6 is 23.4 Å². The molecule has 1 amide bonds. The summed E-state index contributed by atoms with van der Waals surface area (Å²) in [5.74, 6) is -0.203. The highest BCUT2D eigenvalue weighted by atomic mass is 35.5. The molecular weight excluding hydrogens is 410 g/mol. The molecule has 0 saturated carbocycles. The van der Waals surface area contributed by atoms with Gasteiger partial charge in [0.05, 0.1) is 28.8 Å². The smallest absolute Gasteiger partial charge is 0.262 e. The lowest BCUT2D eigenvalue weighted by molar-refractivity contribution is -0.115. The van der Waals surface area contributed by atoms with E-state index in [1.165, 1.54) is 11.8 Å². The molecule has 0 bridgehead atoms. The first-order valence-electron chi connectivity index (χ1n) is 9.14. The Labute approximate surface area is 178 Å². The first kappa shape index (κ1) is 21.4. The molecule has 0 fully saturated rings. The summed E-state index contributed by atoms with van der Waals surface area (Å²) in [4.78, 5) is 30.4. The highest BCUT2D eigenvalue weighted by Crippen LogP contribution is 2.26. The van der Waals surface area contributed by atoms with Crippen molar-refractivity contribution in [1.29, 1.82) is 0 Å². The lowest BCUT2D eigenvalue weighted by Crippen LogP contribution is -2.30. The van der Waals surface area contributed by atoms with Crippen LogP contribution in [0, 0.1) is 0 Å². The normalized spacial score (nSPS) is 13.2. The van der Waals surface area contributed by atoms with Gasteiger partial charge in [-0.2, -0.15) is 0 Å². The van der Waals surface area contributed by atoms with Crippen LogP contribution in [0.2, 0.25) is 5.02 Å². The fourth-order valence-electron chi connectivity index (χ4n) is 2.93. The molecule has 0 aliphatic carbocycles. The van der Waals surface area contributed by atoms with Gasteiger partial charge in [-0.3, -0.25) is 14.2 Å². The number of carbonyl (C=O) groups excluding carboxylic acids is 1. The minimum absolute atomic E-state index is 0.148. The summed E-state index contributed by atoms with van der Waals surface area (Å²) < 4.78 is 6.83. The van der Waals surface area contributed by atoms with Crippen molar-refractivity contribution in [2.45, 2.75) is 30.3 Å². The van der Waals surface area contributed by atoms with E-state index in [0.717, 1.165) is 0 Å². The molecule has 2 aromatic carbocycles. The van der Waals surface area contributed by atoms with Crippen molar-refractivity contribution in [3.8, 4) is 0 Å². The molecule has 0 spiro atoms. The van der Waals surface area contributed by atoms with Gasteiger partial charge in [-0.1, -0.05) is 41.6 Å². The Morgan fingerprint density at radius 3 is 2.72 bits per heavy atom. The largest absolute Gasteiger partial charge is 0.383 e. The Balaban J connectivity index is 1.92. The van der Waals surface area contributed by atoms with Crippen molar-refractivity contribution in [1.82, 2.24) is 9.55 Å². The number of amides is 1. The van der Waals surface area contributed by atoms with Crippen molar-refractivity contribution in [2.75, 3.05) is 19.0 Å². The standard InChI is InChI=1S/C21H22ClN3O3S/c1-13(12-28-3)25-20(27)17-9-4-5-10-18(17)24-21(25)29-14(2)19(26)23-16-8-6-7-15(22)11-16/h4-11,13-14H,12H2,1-3H3,(H,23,26)/t13-,14+/m0/s1. The van der Waals surface area contributed by atoms with Gasteiger partial charge in [0.2, 0.25) is 5.91 Å². The van der Waals surface area contributed by atoms with Gasteiger partial charge >= 0.3 is 0 Å². The second kappa shape index (κ2) is 9.43. The maximum absolute atomic E-state index is 13.1. The van der Waals surface area contributed by atoms with Gasteiger partial charge < -0.3 is 10.1 Å². The molecule has 8 heteroatoms. The molecule has 152 valence electrons. The lowest BCUT2D eigenvalue weighted by atomic mass is 10.2. The van der Waals surface area contributed by atoms with Crippen LogP contribution in [0.5, 0.6) is 0 Å². The van der Waals surface area contributed by atoms with Gasteiger partial charge in [-0.15, -0.1) is 0 Å². The number of carbonyl (C=O) groups is 1. The van der Waals surface area contributed by atoms with Gasteiger partial charge in [0.1, 0.15) is 0 Å². The van der Waals surface area contributed by atoms with E-state index in [4.69, 9.17) is 16.3 Å². The highest BCUT2D eigenvalue weighted by molar-refractivity contribution is 8.00. The number of benzene rings is 2.